The van der Waals surface area contributed by atoms with E-state index in [1.165, 1.54) is 12.8 Å². The summed E-state index contributed by atoms with van der Waals surface area (Å²) in [5, 5.41) is 6.57. The fourth-order valence-corrected chi connectivity index (χ4v) is 3.57. The van der Waals surface area contributed by atoms with E-state index in [4.69, 9.17) is 16.6 Å². The van der Waals surface area contributed by atoms with Gasteiger partial charge in [0.25, 0.3) is 10.7 Å². The Morgan fingerprint density at radius 1 is 1.33 bits per heavy atom. The molecule has 21 heavy (non-hydrogen) atoms. The van der Waals surface area contributed by atoms with Gasteiger partial charge >= 0.3 is 0 Å². The lowest BCUT2D eigenvalue weighted by Gasteiger charge is -2.27. The molecule has 0 radical (unpaired) electrons. The maximum absolute atomic E-state index is 12.6. The van der Waals surface area contributed by atoms with Gasteiger partial charge in [0, 0.05) is 23.7 Å². The minimum absolute atomic E-state index is 0.136. The van der Waals surface area contributed by atoms with Gasteiger partial charge in [0.1, 0.15) is 0 Å². The van der Waals surface area contributed by atoms with Crippen molar-refractivity contribution >= 4 is 18.1 Å². The lowest BCUT2D eigenvalue weighted by atomic mass is 10.1. The summed E-state index contributed by atoms with van der Waals surface area (Å²) in [4.78, 5) is 14.8. The lowest BCUT2D eigenvalue weighted by Crippen LogP contribution is -2.37. The summed E-state index contributed by atoms with van der Waals surface area (Å²) in [5.74, 6) is 1.29. The van der Waals surface area contributed by atoms with Crippen molar-refractivity contribution in [2.45, 2.75) is 25.3 Å². The van der Waals surface area contributed by atoms with Crippen LogP contribution >= 0.6 is 12.2 Å². The SMILES string of the molecule is O=C(c1ccc(-c2n[nH]c(=S)o2)cc1)N1C[C@H]2CC[C@H]1C2. The van der Waals surface area contributed by atoms with Gasteiger partial charge in [-0.1, -0.05) is 0 Å². The number of carbonyl (C=O) groups is 1. The molecule has 2 fully saturated rings. The number of aromatic amines is 1. The van der Waals surface area contributed by atoms with E-state index in [0.717, 1.165) is 24.1 Å². The molecule has 0 spiro atoms. The normalized spacial score (nSPS) is 23.7. The third-order valence-corrected chi connectivity index (χ3v) is 4.66. The summed E-state index contributed by atoms with van der Waals surface area (Å²) < 4.78 is 5.26. The number of piperidine rings is 1. The Hall–Kier alpha value is -1.95. The molecule has 2 aromatic rings. The lowest BCUT2D eigenvalue weighted by molar-refractivity contribution is 0.0703. The van der Waals surface area contributed by atoms with E-state index in [1.807, 2.05) is 29.2 Å². The maximum Gasteiger partial charge on any atom is 0.284 e. The number of aromatic nitrogens is 2. The summed E-state index contributed by atoms with van der Waals surface area (Å²) in [6.45, 7) is 0.916. The summed E-state index contributed by atoms with van der Waals surface area (Å²) >= 11 is 4.86. The number of carbonyl (C=O) groups excluding carboxylic acids is 1. The van der Waals surface area contributed by atoms with E-state index in [2.05, 4.69) is 10.2 Å². The van der Waals surface area contributed by atoms with Crippen molar-refractivity contribution in [1.82, 2.24) is 15.1 Å². The van der Waals surface area contributed by atoms with Crippen LogP contribution in [0.25, 0.3) is 11.5 Å². The number of benzene rings is 1. The van der Waals surface area contributed by atoms with Crippen LogP contribution in [0.4, 0.5) is 0 Å². The molecule has 2 aliphatic rings. The predicted octanol–water partition coefficient (Wildman–Crippen LogP) is 3.02. The zero-order valence-corrected chi connectivity index (χ0v) is 12.2. The van der Waals surface area contributed by atoms with Crippen LogP contribution in [0.2, 0.25) is 0 Å². The average molecular weight is 301 g/mol. The number of likely N-dealkylation sites (tertiary alicyclic amines) is 1. The highest BCUT2D eigenvalue weighted by Crippen LogP contribution is 2.38. The Bertz CT molecular complexity index is 734. The largest absolute Gasteiger partial charge is 0.409 e. The highest BCUT2D eigenvalue weighted by Gasteiger charge is 2.40. The standard InChI is InChI=1S/C15H15N3O2S/c19-14(18-8-9-1-6-12(18)7-9)11-4-2-10(3-5-11)13-16-17-15(21)20-13/h2-5,9,12H,1,6-8H2,(H,17,21)/t9-,12-/m0/s1. The third kappa shape index (κ3) is 2.19. The Morgan fingerprint density at radius 2 is 2.14 bits per heavy atom. The Balaban J connectivity index is 1.56. The second-order valence-electron chi connectivity index (χ2n) is 5.79. The van der Waals surface area contributed by atoms with Crippen molar-refractivity contribution in [2.75, 3.05) is 6.54 Å². The average Bonchev–Trinajstić information content (AvgIpc) is 3.23. The number of H-pyrrole nitrogens is 1. The van der Waals surface area contributed by atoms with Crippen LogP contribution in [-0.2, 0) is 0 Å². The van der Waals surface area contributed by atoms with Gasteiger partial charge in [0.05, 0.1) is 0 Å². The van der Waals surface area contributed by atoms with Crippen LogP contribution in [0.1, 0.15) is 29.6 Å². The molecule has 1 N–H and O–H groups in total. The zero-order valence-electron chi connectivity index (χ0n) is 11.4. The van der Waals surface area contributed by atoms with E-state index in [0.29, 0.717) is 17.9 Å². The molecular formula is C15H15N3O2S. The number of rotatable bonds is 2. The van der Waals surface area contributed by atoms with E-state index < -0.39 is 0 Å². The number of hydrogen-bond donors (Lipinski definition) is 1. The van der Waals surface area contributed by atoms with Crippen molar-refractivity contribution in [1.29, 1.82) is 0 Å². The highest BCUT2D eigenvalue weighted by atomic mass is 32.1. The molecule has 1 saturated heterocycles. The minimum Gasteiger partial charge on any atom is -0.409 e. The summed E-state index contributed by atoms with van der Waals surface area (Å²) in [6, 6.07) is 7.80. The van der Waals surface area contributed by atoms with Gasteiger partial charge in [-0.05, 0) is 61.7 Å². The quantitative estimate of drug-likeness (QED) is 0.866. The summed E-state index contributed by atoms with van der Waals surface area (Å²) in [5.41, 5.74) is 1.53. The molecule has 1 aliphatic carbocycles. The number of nitrogens with one attached hydrogen (secondary N) is 1. The molecule has 108 valence electrons. The highest BCUT2D eigenvalue weighted by molar-refractivity contribution is 7.71. The van der Waals surface area contributed by atoms with Gasteiger partial charge in [0.15, 0.2) is 0 Å². The zero-order chi connectivity index (χ0) is 14.4. The number of fused-ring (bicyclic) bond motifs is 2. The van der Waals surface area contributed by atoms with Crippen molar-refractivity contribution in [3.63, 3.8) is 0 Å². The summed E-state index contributed by atoms with van der Waals surface area (Å²) in [6.07, 6.45) is 3.61. The fourth-order valence-electron chi connectivity index (χ4n) is 3.45. The molecule has 2 heterocycles. The van der Waals surface area contributed by atoms with Gasteiger partial charge in [-0.15, -0.1) is 5.10 Å². The molecule has 6 heteroatoms. The van der Waals surface area contributed by atoms with Gasteiger partial charge < -0.3 is 9.32 Å². The van der Waals surface area contributed by atoms with E-state index in [-0.39, 0.29) is 10.7 Å². The Morgan fingerprint density at radius 3 is 2.71 bits per heavy atom. The molecule has 1 aliphatic heterocycles. The van der Waals surface area contributed by atoms with E-state index in [9.17, 15) is 4.79 Å². The van der Waals surface area contributed by atoms with E-state index >= 15 is 0 Å². The Kier molecular flexibility index (Phi) is 2.92. The number of hydrogen-bond acceptors (Lipinski definition) is 4. The molecule has 2 atom stereocenters. The molecule has 1 aromatic carbocycles. The third-order valence-electron chi connectivity index (χ3n) is 4.49. The van der Waals surface area contributed by atoms with Crippen LogP contribution in [0.15, 0.2) is 28.7 Å². The van der Waals surface area contributed by atoms with Crippen LogP contribution in [0.3, 0.4) is 0 Å². The van der Waals surface area contributed by atoms with Crippen LogP contribution < -0.4 is 0 Å². The first-order valence-corrected chi connectivity index (χ1v) is 7.58. The van der Waals surface area contributed by atoms with Gasteiger partial charge in [-0.2, -0.15) is 0 Å². The Labute approximate surface area is 127 Å². The molecule has 5 nitrogen and oxygen atoms in total. The van der Waals surface area contributed by atoms with Crippen molar-refractivity contribution in [3.8, 4) is 11.5 Å². The fraction of sp³-hybridized carbons (Fsp3) is 0.400. The first-order valence-electron chi connectivity index (χ1n) is 7.17. The predicted molar refractivity (Wildman–Crippen MR) is 79.3 cm³/mol. The van der Waals surface area contributed by atoms with Gasteiger partial charge in [-0.25, -0.2) is 5.10 Å². The summed E-state index contributed by atoms with van der Waals surface area (Å²) in [7, 11) is 0. The first kappa shape index (κ1) is 12.8. The molecule has 2 bridgehead atoms. The van der Waals surface area contributed by atoms with Crippen molar-refractivity contribution in [3.05, 3.63) is 34.7 Å². The van der Waals surface area contributed by atoms with Gasteiger partial charge in [-0.3, -0.25) is 4.79 Å². The molecule has 1 aromatic heterocycles. The van der Waals surface area contributed by atoms with Crippen LogP contribution in [0.5, 0.6) is 0 Å². The van der Waals surface area contributed by atoms with Crippen molar-refractivity contribution < 1.29 is 9.21 Å². The molecule has 4 rings (SSSR count). The molecule has 0 unspecified atom stereocenters. The van der Waals surface area contributed by atoms with Gasteiger partial charge in [0.2, 0.25) is 5.89 Å². The number of nitrogens with zero attached hydrogens (tertiary/aromatic N) is 2. The monoisotopic (exact) mass is 301 g/mol. The molecule has 1 amide bonds. The first-order chi connectivity index (χ1) is 10.2. The smallest absolute Gasteiger partial charge is 0.284 e. The second kappa shape index (κ2) is 4.80. The van der Waals surface area contributed by atoms with E-state index in [1.54, 1.807) is 0 Å². The van der Waals surface area contributed by atoms with Crippen LogP contribution in [0, 0.1) is 10.8 Å². The topological polar surface area (TPSA) is 62.1 Å². The maximum atomic E-state index is 12.6. The second-order valence-corrected chi connectivity index (χ2v) is 6.16. The van der Waals surface area contributed by atoms with Crippen molar-refractivity contribution in [2.24, 2.45) is 5.92 Å². The molecule has 1 saturated carbocycles. The minimum atomic E-state index is 0.136. The number of amides is 1. The molecular weight excluding hydrogens is 286 g/mol. The van der Waals surface area contributed by atoms with Crippen LogP contribution in [-0.4, -0.2) is 33.6 Å².